The smallest absolute Gasteiger partial charge is 0.125 e. The molecule has 0 atom stereocenters. The zero-order chi connectivity index (χ0) is 10.7. The average Bonchev–Trinajstić information content (AvgIpc) is 2.29. The molecule has 2 nitrogen and oxygen atoms in total. The van der Waals surface area contributed by atoms with Gasteiger partial charge >= 0.3 is 0 Å². The first kappa shape index (κ1) is 10.4. The van der Waals surface area contributed by atoms with Gasteiger partial charge in [0.2, 0.25) is 0 Å². The van der Waals surface area contributed by atoms with Crippen LogP contribution in [0.25, 0.3) is 0 Å². The molecule has 0 aliphatic carbocycles. The molecule has 1 aliphatic heterocycles. The Labute approximate surface area is 89.9 Å². The fourth-order valence-electron chi connectivity index (χ4n) is 2.09. The van der Waals surface area contributed by atoms with Crippen molar-refractivity contribution >= 4 is 5.69 Å². The van der Waals surface area contributed by atoms with E-state index in [0.717, 1.165) is 24.3 Å². The van der Waals surface area contributed by atoms with Crippen LogP contribution in [0.3, 0.4) is 0 Å². The van der Waals surface area contributed by atoms with Crippen LogP contribution in [0.4, 0.5) is 10.1 Å². The van der Waals surface area contributed by atoms with Crippen LogP contribution in [-0.4, -0.2) is 13.1 Å². The van der Waals surface area contributed by atoms with E-state index in [4.69, 9.17) is 5.73 Å². The maximum absolute atomic E-state index is 13.3. The highest BCUT2D eigenvalue weighted by Crippen LogP contribution is 2.22. The molecule has 1 fully saturated rings. The molecule has 2 N–H and O–H groups in total. The molecule has 1 saturated heterocycles. The number of anilines is 1. The normalized spacial score (nSPS) is 16.8. The summed E-state index contributed by atoms with van der Waals surface area (Å²) in [6.07, 6.45) is 3.69. The van der Waals surface area contributed by atoms with Gasteiger partial charge in [0.25, 0.3) is 0 Å². The van der Waals surface area contributed by atoms with Crippen molar-refractivity contribution in [1.82, 2.24) is 0 Å². The molecule has 3 heteroatoms. The number of halogens is 1. The quantitative estimate of drug-likeness (QED) is 0.808. The second-order valence-electron chi connectivity index (χ2n) is 4.07. The van der Waals surface area contributed by atoms with Crippen molar-refractivity contribution in [3.8, 4) is 0 Å². The number of nitrogens with zero attached hydrogens (tertiary/aromatic N) is 1. The Morgan fingerprint density at radius 2 is 1.87 bits per heavy atom. The van der Waals surface area contributed by atoms with Crippen molar-refractivity contribution in [2.75, 3.05) is 18.0 Å². The van der Waals surface area contributed by atoms with Gasteiger partial charge in [-0.15, -0.1) is 0 Å². The number of hydrogen-bond acceptors (Lipinski definition) is 2. The number of nitrogens with two attached hydrogens (primary N) is 1. The molecule has 0 saturated carbocycles. The van der Waals surface area contributed by atoms with Crippen LogP contribution in [0.1, 0.15) is 24.8 Å². The Balaban J connectivity index is 2.22. The topological polar surface area (TPSA) is 29.3 Å². The standard InChI is InChI=1S/C12H17FN2/c13-11-6-10(9-14)7-12(8-11)15-4-2-1-3-5-15/h6-8H,1-5,9,14H2. The van der Waals surface area contributed by atoms with Crippen LogP contribution < -0.4 is 10.6 Å². The van der Waals surface area contributed by atoms with Gasteiger partial charge in [-0.05, 0) is 43.0 Å². The zero-order valence-electron chi connectivity index (χ0n) is 8.88. The van der Waals surface area contributed by atoms with E-state index in [-0.39, 0.29) is 5.82 Å². The predicted molar refractivity (Wildman–Crippen MR) is 60.4 cm³/mol. The van der Waals surface area contributed by atoms with Crippen LogP contribution in [0.15, 0.2) is 18.2 Å². The van der Waals surface area contributed by atoms with E-state index in [1.807, 2.05) is 6.07 Å². The van der Waals surface area contributed by atoms with Crippen molar-refractivity contribution < 1.29 is 4.39 Å². The van der Waals surface area contributed by atoms with Gasteiger partial charge < -0.3 is 10.6 Å². The number of benzene rings is 1. The lowest BCUT2D eigenvalue weighted by molar-refractivity contribution is 0.573. The highest BCUT2D eigenvalue weighted by Gasteiger charge is 2.12. The van der Waals surface area contributed by atoms with Gasteiger partial charge in [-0.3, -0.25) is 0 Å². The number of piperidine rings is 1. The Bertz CT molecular complexity index is 332. The number of hydrogen-bond donors (Lipinski definition) is 1. The molecule has 0 amide bonds. The summed E-state index contributed by atoms with van der Waals surface area (Å²) < 4.78 is 13.3. The fraction of sp³-hybridized carbons (Fsp3) is 0.500. The zero-order valence-corrected chi connectivity index (χ0v) is 8.88. The minimum absolute atomic E-state index is 0.182. The SMILES string of the molecule is NCc1cc(F)cc(N2CCCCC2)c1. The maximum atomic E-state index is 13.3. The molecule has 1 heterocycles. The Hall–Kier alpha value is -1.09. The summed E-state index contributed by atoms with van der Waals surface area (Å²) in [5.74, 6) is -0.182. The highest BCUT2D eigenvalue weighted by molar-refractivity contribution is 5.49. The summed E-state index contributed by atoms with van der Waals surface area (Å²) >= 11 is 0. The van der Waals surface area contributed by atoms with Gasteiger partial charge in [-0.2, -0.15) is 0 Å². The minimum Gasteiger partial charge on any atom is -0.371 e. The molecule has 0 radical (unpaired) electrons. The van der Waals surface area contributed by atoms with E-state index in [1.165, 1.54) is 25.3 Å². The predicted octanol–water partition coefficient (Wildman–Crippen LogP) is 2.27. The highest BCUT2D eigenvalue weighted by atomic mass is 19.1. The lowest BCUT2D eigenvalue weighted by atomic mass is 10.1. The van der Waals surface area contributed by atoms with E-state index in [2.05, 4.69) is 4.90 Å². The molecule has 0 spiro atoms. The summed E-state index contributed by atoms with van der Waals surface area (Å²) in [5.41, 5.74) is 7.38. The summed E-state index contributed by atoms with van der Waals surface area (Å²) in [6, 6.07) is 5.10. The Morgan fingerprint density at radius 1 is 1.13 bits per heavy atom. The molecule has 1 aromatic rings. The molecule has 0 aromatic heterocycles. The van der Waals surface area contributed by atoms with Crippen molar-refractivity contribution in [3.05, 3.63) is 29.6 Å². The second-order valence-corrected chi connectivity index (χ2v) is 4.07. The van der Waals surface area contributed by atoms with Gasteiger partial charge in [0.05, 0.1) is 0 Å². The molecular weight excluding hydrogens is 191 g/mol. The Kier molecular flexibility index (Phi) is 3.21. The fourth-order valence-corrected chi connectivity index (χ4v) is 2.09. The summed E-state index contributed by atoms with van der Waals surface area (Å²) in [4.78, 5) is 2.24. The molecule has 0 bridgehead atoms. The van der Waals surface area contributed by atoms with Crippen molar-refractivity contribution in [2.45, 2.75) is 25.8 Å². The molecule has 1 aliphatic rings. The van der Waals surface area contributed by atoms with Gasteiger partial charge in [-0.1, -0.05) is 0 Å². The monoisotopic (exact) mass is 208 g/mol. The second kappa shape index (κ2) is 4.62. The molecule has 2 rings (SSSR count). The van der Waals surface area contributed by atoms with E-state index in [9.17, 15) is 4.39 Å². The third kappa shape index (κ3) is 2.48. The lowest BCUT2D eigenvalue weighted by Crippen LogP contribution is -2.29. The van der Waals surface area contributed by atoms with E-state index >= 15 is 0 Å². The average molecular weight is 208 g/mol. The first-order chi connectivity index (χ1) is 7.29. The summed E-state index contributed by atoms with van der Waals surface area (Å²) in [5, 5.41) is 0. The maximum Gasteiger partial charge on any atom is 0.125 e. The largest absolute Gasteiger partial charge is 0.371 e. The lowest BCUT2D eigenvalue weighted by Gasteiger charge is -2.29. The Morgan fingerprint density at radius 3 is 2.53 bits per heavy atom. The van der Waals surface area contributed by atoms with E-state index in [0.29, 0.717) is 6.54 Å². The summed E-state index contributed by atoms with van der Waals surface area (Å²) in [7, 11) is 0. The third-order valence-electron chi connectivity index (χ3n) is 2.90. The van der Waals surface area contributed by atoms with Gasteiger partial charge in [0.1, 0.15) is 5.82 Å². The van der Waals surface area contributed by atoms with Crippen molar-refractivity contribution in [3.63, 3.8) is 0 Å². The van der Waals surface area contributed by atoms with Crippen LogP contribution in [0.2, 0.25) is 0 Å². The molecule has 82 valence electrons. The minimum atomic E-state index is -0.182. The van der Waals surface area contributed by atoms with E-state index in [1.54, 1.807) is 6.07 Å². The van der Waals surface area contributed by atoms with Gasteiger partial charge in [0, 0.05) is 25.3 Å². The number of rotatable bonds is 2. The molecule has 0 unspecified atom stereocenters. The molecule has 15 heavy (non-hydrogen) atoms. The van der Waals surface area contributed by atoms with Crippen LogP contribution in [0, 0.1) is 5.82 Å². The molecule has 1 aromatic carbocycles. The first-order valence-electron chi connectivity index (χ1n) is 5.54. The van der Waals surface area contributed by atoms with Crippen LogP contribution in [0.5, 0.6) is 0 Å². The molecular formula is C12H17FN2. The van der Waals surface area contributed by atoms with Gasteiger partial charge in [-0.25, -0.2) is 4.39 Å². The van der Waals surface area contributed by atoms with Crippen LogP contribution >= 0.6 is 0 Å². The van der Waals surface area contributed by atoms with Crippen LogP contribution in [-0.2, 0) is 6.54 Å². The first-order valence-corrected chi connectivity index (χ1v) is 5.54. The van der Waals surface area contributed by atoms with Crippen molar-refractivity contribution in [1.29, 1.82) is 0 Å². The third-order valence-corrected chi connectivity index (χ3v) is 2.90. The van der Waals surface area contributed by atoms with E-state index < -0.39 is 0 Å². The van der Waals surface area contributed by atoms with Crippen molar-refractivity contribution in [2.24, 2.45) is 5.73 Å². The summed E-state index contributed by atoms with van der Waals surface area (Å²) in [6.45, 7) is 2.47. The van der Waals surface area contributed by atoms with Gasteiger partial charge in [0.15, 0.2) is 0 Å².